The van der Waals surface area contributed by atoms with Gasteiger partial charge in [-0.2, -0.15) is 0 Å². The second-order valence-corrected chi connectivity index (χ2v) is 11.9. The highest BCUT2D eigenvalue weighted by molar-refractivity contribution is 6.24. The molecule has 0 amide bonds. The number of hydrogen-bond donors (Lipinski definition) is 5. The number of carbonyl (C=O) groups is 3. The van der Waals surface area contributed by atoms with Crippen molar-refractivity contribution in [2.24, 2.45) is 0 Å². The summed E-state index contributed by atoms with van der Waals surface area (Å²) in [4.78, 5) is 53.7. The summed E-state index contributed by atoms with van der Waals surface area (Å²) in [5, 5.41) is 30.0. The molecular formula is C35H38N4O6. The summed E-state index contributed by atoms with van der Waals surface area (Å²) < 4.78 is 0. The van der Waals surface area contributed by atoms with E-state index in [0.29, 0.717) is 29.1 Å². The Labute approximate surface area is 260 Å². The predicted octanol–water partition coefficient (Wildman–Crippen LogP) is 6.84. The van der Waals surface area contributed by atoms with Gasteiger partial charge in [-0.1, -0.05) is 26.5 Å². The second kappa shape index (κ2) is 11.8. The molecule has 10 heteroatoms. The number of aromatic amines is 2. The molecule has 0 aliphatic carbocycles. The summed E-state index contributed by atoms with van der Waals surface area (Å²) >= 11 is 0. The van der Waals surface area contributed by atoms with E-state index in [0.717, 1.165) is 49.9 Å². The highest BCUT2D eigenvalue weighted by atomic mass is 16.4. The molecule has 5 rings (SSSR count). The largest absolute Gasteiger partial charge is 0.481 e. The molecule has 0 aromatic carbocycles. The van der Waals surface area contributed by atoms with Gasteiger partial charge in [0.1, 0.15) is 0 Å². The number of hydrogen-bond acceptors (Lipinski definition) is 5. The number of H-pyrrole nitrogens is 2. The number of fused-ring (bicyclic) bond motifs is 8. The lowest BCUT2D eigenvalue weighted by Crippen LogP contribution is -2.13. The summed E-state index contributed by atoms with van der Waals surface area (Å²) in [5.41, 5.74) is 10.1. The van der Waals surface area contributed by atoms with Gasteiger partial charge in [-0.15, -0.1) is 0 Å². The molecule has 2 unspecified atom stereocenters. The lowest BCUT2D eigenvalue weighted by atomic mass is 9.84. The highest BCUT2D eigenvalue weighted by Gasteiger charge is 2.35. The van der Waals surface area contributed by atoms with Gasteiger partial charge in [-0.05, 0) is 80.5 Å². The van der Waals surface area contributed by atoms with Crippen molar-refractivity contribution in [2.45, 2.75) is 79.1 Å². The number of allylic oxidation sites excluding steroid dienone is 1. The molecule has 5 N–H and O–H groups in total. The van der Waals surface area contributed by atoms with Crippen LogP contribution in [0.25, 0.3) is 39.3 Å². The molecule has 45 heavy (non-hydrogen) atoms. The maximum absolute atomic E-state index is 12.8. The number of nitrogens with one attached hydrogen (secondary N) is 2. The van der Waals surface area contributed by atoms with Gasteiger partial charge >= 0.3 is 17.9 Å². The van der Waals surface area contributed by atoms with Crippen molar-refractivity contribution in [1.29, 1.82) is 0 Å². The third-order valence-electron chi connectivity index (χ3n) is 9.32. The lowest BCUT2D eigenvalue weighted by molar-refractivity contribution is -0.138. The molecule has 8 bridgehead atoms. The van der Waals surface area contributed by atoms with Crippen LogP contribution in [0.5, 0.6) is 0 Å². The zero-order valence-electron chi connectivity index (χ0n) is 26.4. The quantitative estimate of drug-likeness (QED) is 0.185. The van der Waals surface area contributed by atoms with Crippen molar-refractivity contribution in [3.8, 4) is 0 Å². The summed E-state index contributed by atoms with van der Waals surface area (Å²) in [6.07, 6.45) is 2.03. The molecule has 234 valence electrons. The van der Waals surface area contributed by atoms with Crippen LogP contribution in [0.15, 0.2) is 18.7 Å². The molecule has 3 aromatic heterocycles. The van der Waals surface area contributed by atoms with E-state index >= 15 is 0 Å². The van der Waals surface area contributed by atoms with Gasteiger partial charge < -0.3 is 25.3 Å². The molecule has 5 heterocycles. The maximum Gasteiger partial charge on any atom is 0.338 e. The fraction of sp³-hybridized carbons (Fsp3) is 0.343. The topological polar surface area (TPSA) is 169 Å². The van der Waals surface area contributed by atoms with Crippen LogP contribution in [0.1, 0.15) is 102 Å². The Morgan fingerprint density at radius 3 is 2.18 bits per heavy atom. The maximum atomic E-state index is 12.8. The van der Waals surface area contributed by atoms with E-state index in [2.05, 4.69) is 23.5 Å². The second-order valence-electron chi connectivity index (χ2n) is 11.9. The zero-order valence-corrected chi connectivity index (χ0v) is 26.4. The SMILES string of the molecule is C=Cc1c(C)c2cc3nc(c(CC(=O)O)c4nc(c(C)c5[nH]c(cc1[nH]2)c(C)c5CC)C(C)=C4C(=O)O)C(CCC(=O)O)C3C. The van der Waals surface area contributed by atoms with E-state index in [4.69, 9.17) is 9.97 Å². The van der Waals surface area contributed by atoms with Gasteiger partial charge in [0, 0.05) is 57.1 Å². The third-order valence-corrected chi connectivity index (χ3v) is 9.32. The first-order valence-electron chi connectivity index (χ1n) is 15.0. The molecular weight excluding hydrogens is 572 g/mol. The van der Waals surface area contributed by atoms with E-state index in [1.165, 1.54) is 0 Å². The average molecular weight is 611 g/mol. The molecule has 0 fully saturated rings. The van der Waals surface area contributed by atoms with Gasteiger partial charge in [0.25, 0.3) is 0 Å². The van der Waals surface area contributed by atoms with Crippen LogP contribution in [0.3, 0.4) is 0 Å². The predicted molar refractivity (Wildman–Crippen MR) is 174 cm³/mol. The van der Waals surface area contributed by atoms with E-state index < -0.39 is 30.2 Å². The van der Waals surface area contributed by atoms with Crippen LogP contribution in [0.2, 0.25) is 0 Å². The van der Waals surface area contributed by atoms with Gasteiger partial charge in [0.2, 0.25) is 0 Å². The monoisotopic (exact) mass is 610 g/mol. The summed E-state index contributed by atoms with van der Waals surface area (Å²) in [7, 11) is 0. The Kier molecular flexibility index (Phi) is 8.27. The Morgan fingerprint density at radius 1 is 0.889 bits per heavy atom. The summed E-state index contributed by atoms with van der Waals surface area (Å²) in [6, 6.07) is 3.95. The van der Waals surface area contributed by atoms with Crippen LogP contribution in [0, 0.1) is 20.8 Å². The van der Waals surface area contributed by atoms with Crippen LogP contribution < -0.4 is 0 Å². The Balaban J connectivity index is 2.08. The molecule has 3 aromatic rings. The van der Waals surface area contributed by atoms with Crippen molar-refractivity contribution in [3.63, 3.8) is 0 Å². The van der Waals surface area contributed by atoms with E-state index in [9.17, 15) is 29.7 Å². The van der Waals surface area contributed by atoms with Crippen molar-refractivity contribution >= 4 is 57.2 Å². The summed E-state index contributed by atoms with van der Waals surface area (Å²) in [5.74, 6) is -4.13. The standard InChI is InChI=1S/C35H38N4O6/c1-8-20-15(3)24-13-25-17(5)22(10-11-28(40)41)33(38-25)23(12-29(42)43)34-30(35(44)45)18(6)31(39-34)19(7)32-21(9-2)16(4)26(37-32)14-27(20)36-24/h8,13-14,17,22,36-37H,1,9-12H2,2-7H3,(H,40,41)(H,42,43)(H,44,45). The van der Waals surface area contributed by atoms with E-state index in [1.54, 1.807) is 13.0 Å². The minimum atomic E-state index is -1.22. The van der Waals surface area contributed by atoms with Gasteiger partial charge in [-0.3, -0.25) is 14.6 Å². The van der Waals surface area contributed by atoms with Crippen molar-refractivity contribution in [2.75, 3.05) is 0 Å². The zero-order chi connectivity index (χ0) is 32.9. The van der Waals surface area contributed by atoms with E-state index in [1.807, 2.05) is 39.8 Å². The number of aliphatic carboxylic acids is 3. The minimum Gasteiger partial charge on any atom is -0.481 e. The third kappa shape index (κ3) is 5.34. The summed E-state index contributed by atoms with van der Waals surface area (Å²) in [6.45, 7) is 15.6. The van der Waals surface area contributed by atoms with Crippen LogP contribution in [-0.2, 0) is 27.2 Å². The van der Waals surface area contributed by atoms with Crippen LogP contribution in [0.4, 0.5) is 0 Å². The van der Waals surface area contributed by atoms with Crippen molar-refractivity contribution in [3.05, 3.63) is 74.9 Å². The molecule has 10 nitrogen and oxygen atoms in total. The molecule has 2 aliphatic rings. The molecule has 0 radical (unpaired) electrons. The van der Waals surface area contributed by atoms with Gasteiger partial charge in [0.15, 0.2) is 0 Å². The van der Waals surface area contributed by atoms with E-state index in [-0.39, 0.29) is 35.6 Å². The smallest absolute Gasteiger partial charge is 0.338 e. The van der Waals surface area contributed by atoms with Crippen molar-refractivity contribution in [1.82, 2.24) is 19.9 Å². The normalized spacial score (nSPS) is 16.2. The Morgan fingerprint density at radius 2 is 1.58 bits per heavy atom. The Bertz CT molecular complexity index is 1990. The van der Waals surface area contributed by atoms with Gasteiger partial charge in [0.05, 0.1) is 29.1 Å². The first kappa shape index (κ1) is 31.4. The molecule has 0 spiro atoms. The van der Waals surface area contributed by atoms with Crippen LogP contribution >= 0.6 is 0 Å². The lowest BCUT2D eigenvalue weighted by Gasteiger charge is -2.17. The molecule has 2 atom stereocenters. The Hall–Kier alpha value is -4.99. The highest BCUT2D eigenvalue weighted by Crippen LogP contribution is 2.44. The fourth-order valence-corrected chi connectivity index (χ4v) is 6.87. The van der Waals surface area contributed by atoms with Crippen LogP contribution in [-0.4, -0.2) is 53.2 Å². The minimum absolute atomic E-state index is 0.0526. The number of aryl methyl sites for hydroxylation is 4. The van der Waals surface area contributed by atoms with Gasteiger partial charge in [-0.25, -0.2) is 9.78 Å². The number of rotatable bonds is 8. The molecule has 0 saturated heterocycles. The number of aromatic nitrogens is 4. The van der Waals surface area contributed by atoms with Crippen molar-refractivity contribution < 1.29 is 29.7 Å². The number of carboxylic acids is 3. The molecule has 0 saturated carbocycles. The fourth-order valence-electron chi connectivity index (χ4n) is 6.87. The molecule has 2 aliphatic heterocycles. The average Bonchev–Trinajstić information content (AvgIpc) is 3.67. The number of nitrogens with zero attached hydrogens (tertiary/aromatic N) is 2. The first-order valence-corrected chi connectivity index (χ1v) is 15.0. The first-order chi connectivity index (χ1) is 21.3. The number of carboxylic acid groups (broad SMARTS) is 3.